The zero-order chi connectivity index (χ0) is 16.4. The number of methoxy groups -OCH3 is 1. The maximum Gasteiger partial charge on any atom is 0.152 e. The quantitative estimate of drug-likeness (QED) is 0.314. The van der Waals surface area contributed by atoms with Crippen LogP contribution in [-0.4, -0.2) is 13.7 Å². The summed E-state index contributed by atoms with van der Waals surface area (Å²) in [6, 6.07) is 3.79. The number of hydroxylamine groups is 2. The fraction of sp³-hybridized carbons (Fsp3) is 0.412. The standard InChI is InChI=1S/C17H21BrINO2/c1-4-17(5-2)8-6-7-9-20(21,12-17)15-10-13(18)16(22-3)11-14(15)19/h6-11H,4-5,12H2,1-3H3. The molecular weight excluding hydrogens is 457 g/mol. The zero-order valence-electron chi connectivity index (χ0n) is 13.1. The van der Waals surface area contributed by atoms with Crippen molar-refractivity contribution in [2.75, 3.05) is 13.7 Å². The highest BCUT2D eigenvalue weighted by Crippen LogP contribution is 2.42. The van der Waals surface area contributed by atoms with Crippen molar-refractivity contribution < 1.29 is 4.74 Å². The summed E-state index contributed by atoms with van der Waals surface area (Å²) in [7, 11) is 1.63. The van der Waals surface area contributed by atoms with Gasteiger partial charge in [0, 0.05) is 17.5 Å². The van der Waals surface area contributed by atoms with Crippen LogP contribution in [-0.2, 0) is 0 Å². The summed E-state index contributed by atoms with van der Waals surface area (Å²) < 4.78 is 6.59. The van der Waals surface area contributed by atoms with Crippen LogP contribution in [0.25, 0.3) is 0 Å². The zero-order valence-corrected chi connectivity index (χ0v) is 16.8. The fourth-order valence-electron chi connectivity index (χ4n) is 2.86. The van der Waals surface area contributed by atoms with Crippen LogP contribution in [0.4, 0.5) is 5.69 Å². The highest BCUT2D eigenvalue weighted by molar-refractivity contribution is 14.1. The SMILES string of the molecule is CCC1(CC)C=CC=C[N+]([O-])(c2cc(Br)c(OC)cc2I)C1. The average Bonchev–Trinajstić information content (AvgIpc) is 2.69. The minimum absolute atomic E-state index is 0.0687. The lowest BCUT2D eigenvalue weighted by atomic mass is 9.81. The average molecular weight is 478 g/mol. The molecule has 0 saturated carbocycles. The molecule has 120 valence electrons. The lowest BCUT2D eigenvalue weighted by molar-refractivity contribution is 0.273. The van der Waals surface area contributed by atoms with E-state index in [9.17, 15) is 5.21 Å². The van der Waals surface area contributed by atoms with E-state index in [1.165, 1.54) is 0 Å². The van der Waals surface area contributed by atoms with E-state index < -0.39 is 4.65 Å². The molecule has 1 aliphatic rings. The number of halogens is 2. The molecule has 3 nitrogen and oxygen atoms in total. The molecule has 1 unspecified atom stereocenters. The molecule has 0 fully saturated rings. The van der Waals surface area contributed by atoms with Crippen LogP contribution in [0.15, 0.2) is 41.0 Å². The second-order valence-corrected chi connectivity index (χ2v) is 7.68. The molecule has 0 aromatic heterocycles. The summed E-state index contributed by atoms with van der Waals surface area (Å²) in [5.74, 6) is 0.744. The van der Waals surface area contributed by atoms with Gasteiger partial charge in [-0.1, -0.05) is 26.0 Å². The van der Waals surface area contributed by atoms with Crippen molar-refractivity contribution in [1.29, 1.82) is 0 Å². The van der Waals surface area contributed by atoms with Gasteiger partial charge < -0.3 is 14.6 Å². The van der Waals surface area contributed by atoms with Crippen LogP contribution in [0, 0.1) is 14.2 Å². The topological polar surface area (TPSA) is 32.3 Å². The van der Waals surface area contributed by atoms with Gasteiger partial charge in [-0.2, -0.15) is 0 Å². The molecule has 0 saturated heterocycles. The van der Waals surface area contributed by atoms with E-state index in [0.29, 0.717) is 6.54 Å². The van der Waals surface area contributed by atoms with Crippen LogP contribution in [0.1, 0.15) is 26.7 Å². The molecule has 0 radical (unpaired) electrons. The maximum atomic E-state index is 13.6. The van der Waals surface area contributed by atoms with Crippen molar-refractivity contribution in [2.24, 2.45) is 5.41 Å². The predicted molar refractivity (Wildman–Crippen MR) is 105 cm³/mol. The minimum Gasteiger partial charge on any atom is -0.622 e. The molecule has 1 heterocycles. The van der Waals surface area contributed by atoms with E-state index in [1.807, 2.05) is 24.3 Å². The second kappa shape index (κ2) is 7.03. The summed E-state index contributed by atoms with van der Waals surface area (Å²) >= 11 is 5.71. The van der Waals surface area contributed by atoms with Gasteiger partial charge in [0.1, 0.15) is 11.9 Å². The Labute approximate surface area is 154 Å². The maximum absolute atomic E-state index is 13.6. The number of allylic oxidation sites excluding steroid dienone is 2. The first kappa shape index (κ1) is 18.0. The van der Waals surface area contributed by atoms with E-state index in [-0.39, 0.29) is 5.41 Å². The van der Waals surface area contributed by atoms with Gasteiger partial charge in [0.25, 0.3) is 0 Å². The van der Waals surface area contributed by atoms with Crippen molar-refractivity contribution in [2.45, 2.75) is 26.7 Å². The number of rotatable bonds is 4. The fourth-order valence-corrected chi connectivity index (χ4v) is 4.20. The molecule has 2 rings (SSSR count). The van der Waals surface area contributed by atoms with Crippen molar-refractivity contribution in [1.82, 2.24) is 4.65 Å². The van der Waals surface area contributed by atoms with Gasteiger partial charge in [0.15, 0.2) is 5.69 Å². The monoisotopic (exact) mass is 477 g/mol. The normalized spacial score (nSPS) is 23.4. The third-order valence-corrected chi connectivity index (χ3v) is 5.96. The van der Waals surface area contributed by atoms with Gasteiger partial charge >= 0.3 is 0 Å². The number of hydrogen-bond acceptors (Lipinski definition) is 2. The largest absolute Gasteiger partial charge is 0.622 e. The molecule has 1 aromatic rings. The Morgan fingerprint density at radius 2 is 2.00 bits per heavy atom. The molecule has 22 heavy (non-hydrogen) atoms. The Balaban J connectivity index is 2.52. The Morgan fingerprint density at radius 3 is 2.59 bits per heavy atom. The van der Waals surface area contributed by atoms with Gasteiger partial charge in [-0.15, -0.1) is 0 Å². The van der Waals surface area contributed by atoms with E-state index in [2.05, 4.69) is 58.4 Å². The van der Waals surface area contributed by atoms with Gasteiger partial charge in [0.2, 0.25) is 0 Å². The van der Waals surface area contributed by atoms with Gasteiger partial charge in [0.05, 0.1) is 21.7 Å². The molecule has 0 aliphatic carbocycles. The number of nitrogens with zero attached hydrogens (tertiary/aromatic N) is 1. The molecular formula is C17H21BrINO2. The van der Waals surface area contributed by atoms with E-state index in [0.717, 1.165) is 32.3 Å². The van der Waals surface area contributed by atoms with Crippen LogP contribution < -0.4 is 9.38 Å². The van der Waals surface area contributed by atoms with Gasteiger partial charge in [-0.25, -0.2) is 0 Å². The number of hydrogen-bond donors (Lipinski definition) is 0. The second-order valence-electron chi connectivity index (χ2n) is 5.66. The first-order valence-corrected chi connectivity index (χ1v) is 9.26. The predicted octanol–water partition coefficient (Wildman–Crippen LogP) is 5.76. The van der Waals surface area contributed by atoms with Crippen LogP contribution in [0.2, 0.25) is 0 Å². The lowest BCUT2D eigenvalue weighted by Gasteiger charge is -2.44. The molecule has 5 heteroatoms. The minimum atomic E-state index is -0.449. The Morgan fingerprint density at radius 1 is 1.32 bits per heavy atom. The first-order chi connectivity index (χ1) is 10.4. The van der Waals surface area contributed by atoms with Crippen molar-refractivity contribution in [3.63, 3.8) is 0 Å². The Bertz CT molecular complexity index is 611. The summed E-state index contributed by atoms with van der Waals surface area (Å²) in [4.78, 5) is 0. The number of benzene rings is 1. The van der Waals surface area contributed by atoms with Crippen LogP contribution >= 0.6 is 38.5 Å². The smallest absolute Gasteiger partial charge is 0.152 e. The van der Waals surface area contributed by atoms with Crippen molar-refractivity contribution in [3.05, 3.63) is 49.8 Å². The van der Waals surface area contributed by atoms with Gasteiger partial charge in [-0.3, -0.25) is 0 Å². The van der Waals surface area contributed by atoms with Crippen LogP contribution in [0.3, 0.4) is 0 Å². The van der Waals surface area contributed by atoms with Gasteiger partial charge in [-0.05, 0) is 57.4 Å². The Kier molecular flexibility index (Phi) is 5.74. The third kappa shape index (κ3) is 3.42. The molecule has 1 aliphatic heterocycles. The van der Waals surface area contributed by atoms with E-state index in [4.69, 9.17) is 4.74 Å². The highest BCUT2D eigenvalue weighted by atomic mass is 127. The molecule has 1 atom stereocenters. The first-order valence-electron chi connectivity index (χ1n) is 7.39. The van der Waals surface area contributed by atoms with Crippen LogP contribution in [0.5, 0.6) is 5.75 Å². The summed E-state index contributed by atoms with van der Waals surface area (Å²) in [5.41, 5.74) is 0.681. The molecule has 0 bridgehead atoms. The lowest BCUT2D eigenvalue weighted by Crippen LogP contribution is -2.45. The molecule has 0 spiro atoms. The summed E-state index contributed by atoms with van der Waals surface area (Å²) in [6.07, 6.45) is 9.72. The number of quaternary nitrogens is 1. The Hall–Kier alpha value is -0.370. The third-order valence-electron chi connectivity index (χ3n) is 4.47. The van der Waals surface area contributed by atoms with Crippen molar-refractivity contribution in [3.8, 4) is 5.75 Å². The molecule has 1 aromatic carbocycles. The summed E-state index contributed by atoms with van der Waals surface area (Å²) in [5, 5.41) is 13.6. The van der Waals surface area contributed by atoms with Crippen molar-refractivity contribution >= 4 is 44.2 Å². The highest BCUT2D eigenvalue weighted by Gasteiger charge is 2.35. The van der Waals surface area contributed by atoms with E-state index in [1.54, 1.807) is 13.3 Å². The molecule has 0 amide bonds. The van der Waals surface area contributed by atoms with E-state index >= 15 is 0 Å². The molecule has 0 N–H and O–H groups in total. The summed E-state index contributed by atoms with van der Waals surface area (Å²) in [6.45, 7) is 4.82. The number of ether oxygens (including phenoxy) is 1.